The average Bonchev–Trinajstić information content (AvgIpc) is 3.05. The summed E-state index contributed by atoms with van der Waals surface area (Å²) in [6.07, 6.45) is 0. The lowest BCUT2D eigenvalue weighted by molar-refractivity contribution is 0.0827. The minimum Gasteiger partial charge on any atom is -0.345 e. The van der Waals surface area contributed by atoms with E-state index >= 15 is 0 Å². The van der Waals surface area contributed by atoms with E-state index in [0.29, 0.717) is 23.4 Å². The van der Waals surface area contributed by atoms with E-state index in [0.717, 1.165) is 22.0 Å². The van der Waals surface area contributed by atoms with Crippen molar-refractivity contribution in [1.82, 2.24) is 18.8 Å². The molecule has 0 saturated carbocycles. The van der Waals surface area contributed by atoms with E-state index < -0.39 is 15.8 Å². The molecule has 1 aromatic heterocycles. The van der Waals surface area contributed by atoms with Crippen LogP contribution in [0.1, 0.15) is 23.1 Å². The van der Waals surface area contributed by atoms with Crippen LogP contribution in [-0.2, 0) is 23.1 Å². The van der Waals surface area contributed by atoms with Crippen molar-refractivity contribution < 1.29 is 17.6 Å². The molecule has 7 nitrogen and oxygen atoms in total. The molecule has 0 unspecified atom stereocenters. The van der Waals surface area contributed by atoms with E-state index in [-0.39, 0.29) is 22.4 Å². The number of carbonyl (C=O) groups is 1. The Bertz CT molecular complexity index is 1220. The largest absolute Gasteiger partial charge is 0.345 e. The van der Waals surface area contributed by atoms with Crippen molar-refractivity contribution in [2.45, 2.75) is 24.9 Å². The van der Waals surface area contributed by atoms with E-state index in [1.54, 1.807) is 32.3 Å². The molecule has 2 aromatic carbocycles. The standard InChI is InChI=1S/C20H22ClFN4O3S/c1-5-26-18-9-6-13(20(27)24(2)3)10-17(18)23-19(26)12-25(4)30(28,29)14-7-8-16(22)15(21)11-14/h6-11H,5,12H2,1-4H3. The maximum absolute atomic E-state index is 13.4. The first kappa shape index (κ1) is 22.2. The molecule has 1 heterocycles. The number of hydrogen-bond acceptors (Lipinski definition) is 4. The van der Waals surface area contributed by atoms with Crippen molar-refractivity contribution >= 4 is 38.6 Å². The van der Waals surface area contributed by atoms with Gasteiger partial charge in [0.2, 0.25) is 10.0 Å². The number of imidazole rings is 1. The van der Waals surface area contributed by atoms with E-state index in [1.807, 2.05) is 11.5 Å². The van der Waals surface area contributed by atoms with Gasteiger partial charge in [0.05, 0.1) is 27.5 Å². The van der Waals surface area contributed by atoms with Crippen LogP contribution < -0.4 is 0 Å². The number of hydrogen-bond donors (Lipinski definition) is 0. The molecule has 160 valence electrons. The molecule has 0 aliphatic heterocycles. The summed E-state index contributed by atoms with van der Waals surface area (Å²) in [5, 5.41) is -0.261. The highest BCUT2D eigenvalue weighted by molar-refractivity contribution is 7.89. The predicted octanol–water partition coefficient (Wildman–Crippen LogP) is 3.37. The van der Waals surface area contributed by atoms with Crippen molar-refractivity contribution in [3.8, 4) is 0 Å². The molecule has 0 atom stereocenters. The molecular weight excluding hydrogens is 431 g/mol. The Morgan fingerprint density at radius 2 is 1.87 bits per heavy atom. The normalized spacial score (nSPS) is 12.0. The zero-order valence-corrected chi connectivity index (χ0v) is 18.6. The molecular formula is C20H22ClFN4O3S. The first-order chi connectivity index (χ1) is 14.1. The predicted molar refractivity (Wildman–Crippen MR) is 113 cm³/mol. The lowest BCUT2D eigenvalue weighted by Crippen LogP contribution is -2.28. The van der Waals surface area contributed by atoms with E-state index in [9.17, 15) is 17.6 Å². The third-order valence-corrected chi connectivity index (χ3v) is 6.85. The minimum absolute atomic E-state index is 0.00317. The molecule has 0 aliphatic rings. The number of aromatic nitrogens is 2. The Morgan fingerprint density at radius 1 is 1.17 bits per heavy atom. The van der Waals surface area contributed by atoms with Gasteiger partial charge in [0.15, 0.2) is 0 Å². The molecule has 0 radical (unpaired) electrons. The van der Waals surface area contributed by atoms with Crippen molar-refractivity contribution in [3.63, 3.8) is 0 Å². The number of carbonyl (C=O) groups excluding carboxylic acids is 1. The maximum Gasteiger partial charge on any atom is 0.253 e. The molecule has 0 fully saturated rings. The van der Waals surface area contributed by atoms with Gasteiger partial charge in [-0.3, -0.25) is 4.79 Å². The zero-order chi connectivity index (χ0) is 22.2. The molecule has 0 aliphatic carbocycles. The molecule has 1 amide bonds. The van der Waals surface area contributed by atoms with Gasteiger partial charge >= 0.3 is 0 Å². The molecule has 30 heavy (non-hydrogen) atoms. The quantitative estimate of drug-likeness (QED) is 0.574. The second kappa shape index (κ2) is 8.33. The third kappa shape index (κ3) is 4.05. The zero-order valence-electron chi connectivity index (χ0n) is 17.1. The number of benzene rings is 2. The van der Waals surface area contributed by atoms with E-state index in [4.69, 9.17) is 11.6 Å². The highest BCUT2D eigenvalue weighted by Crippen LogP contribution is 2.24. The second-order valence-corrected chi connectivity index (χ2v) is 9.46. The number of halogens is 2. The van der Waals surface area contributed by atoms with Crippen molar-refractivity contribution in [2.24, 2.45) is 0 Å². The molecule has 3 rings (SSSR count). The Labute approximate surface area is 179 Å². The van der Waals surface area contributed by atoms with Crippen LogP contribution >= 0.6 is 11.6 Å². The molecule has 0 saturated heterocycles. The second-order valence-electron chi connectivity index (χ2n) is 7.01. The van der Waals surface area contributed by atoms with Gasteiger partial charge in [0, 0.05) is 33.3 Å². The number of nitrogens with zero attached hydrogens (tertiary/aromatic N) is 4. The van der Waals surface area contributed by atoms with Gasteiger partial charge in [-0.2, -0.15) is 4.31 Å². The van der Waals surface area contributed by atoms with Crippen LogP contribution in [0.15, 0.2) is 41.3 Å². The average molecular weight is 453 g/mol. The molecule has 10 heteroatoms. The van der Waals surface area contributed by atoms with Gasteiger partial charge in [-0.15, -0.1) is 0 Å². The lowest BCUT2D eigenvalue weighted by Gasteiger charge is -2.18. The number of fused-ring (bicyclic) bond motifs is 1. The van der Waals surface area contributed by atoms with Crippen molar-refractivity contribution in [1.29, 1.82) is 0 Å². The number of aryl methyl sites for hydroxylation is 1. The molecule has 0 bridgehead atoms. The number of amides is 1. The van der Waals surface area contributed by atoms with Crippen LogP contribution in [0.3, 0.4) is 0 Å². The Balaban J connectivity index is 1.97. The van der Waals surface area contributed by atoms with Crippen LogP contribution in [0.4, 0.5) is 4.39 Å². The highest BCUT2D eigenvalue weighted by atomic mass is 35.5. The minimum atomic E-state index is -3.90. The number of rotatable bonds is 6. The van der Waals surface area contributed by atoms with E-state index in [1.165, 1.54) is 18.0 Å². The summed E-state index contributed by atoms with van der Waals surface area (Å²) in [6, 6.07) is 8.51. The van der Waals surface area contributed by atoms with Gasteiger partial charge in [0.25, 0.3) is 5.91 Å². The summed E-state index contributed by atoms with van der Waals surface area (Å²) >= 11 is 5.74. The first-order valence-electron chi connectivity index (χ1n) is 9.18. The first-order valence-corrected chi connectivity index (χ1v) is 11.0. The SMILES string of the molecule is CCn1c(CN(C)S(=O)(=O)c2ccc(F)c(Cl)c2)nc2cc(C(=O)N(C)C)ccc21. The van der Waals surface area contributed by atoms with Gasteiger partial charge in [-0.05, 0) is 43.3 Å². The smallest absolute Gasteiger partial charge is 0.253 e. The Hall–Kier alpha value is -2.49. The van der Waals surface area contributed by atoms with Gasteiger partial charge in [-0.1, -0.05) is 11.6 Å². The lowest BCUT2D eigenvalue weighted by atomic mass is 10.2. The fourth-order valence-corrected chi connectivity index (χ4v) is 4.54. The van der Waals surface area contributed by atoms with Gasteiger partial charge in [0.1, 0.15) is 11.6 Å². The summed E-state index contributed by atoms with van der Waals surface area (Å²) in [6.45, 7) is 2.50. The maximum atomic E-state index is 13.4. The van der Waals surface area contributed by atoms with Crippen LogP contribution in [-0.4, -0.2) is 54.2 Å². The summed E-state index contributed by atoms with van der Waals surface area (Å²) < 4.78 is 42.2. The van der Waals surface area contributed by atoms with Gasteiger partial charge in [-0.25, -0.2) is 17.8 Å². The fraction of sp³-hybridized carbons (Fsp3) is 0.300. The molecule has 0 N–H and O–H groups in total. The monoisotopic (exact) mass is 452 g/mol. The Kier molecular flexibility index (Phi) is 6.16. The highest BCUT2D eigenvalue weighted by Gasteiger charge is 2.24. The van der Waals surface area contributed by atoms with Crippen molar-refractivity contribution in [3.05, 3.63) is 58.6 Å². The van der Waals surface area contributed by atoms with Crippen LogP contribution in [0.25, 0.3) is 11.0 Å². The number of sulfonamides is 1. The van der Waals surface area contributed by atoms with Crippen LogP contribution in [0, 0.1) is 5.82 Å². The fourth-order valence-electron chi connectivity index (χ4n) is 3.15. The molecule has 3 aromatic rings. The van der Waals surface area contributed by atoms with Crippen LogP contribution in [0.2, 0.25) is 5.02 Å². The summed E-state index contributed by atoms with van der Waals surface area (Å²) in [5.41, 5.74) is 1.91. The summed E-state index contributed by atoms with van der Waals surface area (Å²) in [4.78, 5) is 18.2. The van der Waals surface area contributed by atoms with Crippen molar-refractivity contribution in [2.75, 3.05) is 21.1 Å². The van der Waals surface area contributed by atoms with Crippen LogP contribution in [0.5, 0.6) is 0 Å². The molecule has 0 spiro atoms. The third-order valence-electron chi connectivity index (χ3n) is 4.76. The van der Waals surface area contributed by atoms with Gasteiger partial charge < -0.3 is 9.47 Å². The Morgan fingerprint density at radius 3 is 2.47 bits per heavy atom. The van der Waals surface area contributed by atoms with E-state index in [2.05, 4.69) is 4.98 Å². The summed E-state index contributed by atoms with van der Waals surface area (Å²) in [5.74, 6) is -0.298. The summed E-state index contributed by atoms with van der Waals surface area (Å²) in [7, 11) is 0.861. The topological polar surface area (TPSA) is 75.5 Å².